The Labute approximate surface area is 94.5 Å². The zero-order chi connectivity index (χ0) is 11.7. The molecular weight excluding hydrogens is 184 g/mol. The SMILES string of the molecule is CC(C)(C)NC1=CC(NC(C)(C)C)CC1. The minimum atomic E-state index is 0.183. The minimum absolute atomic E-state index is 0.183. The summed E-state index contributed by atoms with van der Waals surface area (Å²) in [6, 6.07) is 0.537. The van der Waals surface area contributed by atoms with E-state index in [2.05, 4.69) is 58.3 Å². The zero-order valence-corrected chi connectivity index (χ0v) is 11.1. The van der Waals surface area contributed by atoms with E-state index in [0.29, 0.717) is 6.04 Å². The highest BCUT2D eigenvalue weighted by Gasteiger charge is 2.22. The lowest BCUT2D eigenvalue weighted by Crippen LogP contribution is -2.41. The van der Waals surface area contributed by atoms with Gasteiger partial charge in [0.05, 0.1) is 0 Å². The van der Waals surface area contributed by atoms with Gasteiger partial charge in [0.2, 0.25) is 0 Å². The third-order valence-electron chi connectivity index (χ3n) is 2.28. The van der Waals surface area contributed by atoms with Gasteiger partial charge < -0.3 is 10.6 Å². The Morgan fingerprint density at radius 2 is 1.67 bits per heavy atom. The van der Waals surface area contributed by atoms with Crippen molar-refractivity contribution in [3.8, 4) is 0 Å². The van der Waals surface area contributed by atoms with Gasteiger partial charge in [0, 0.05) is 22.8 Å². The summed E-state index contributed by atoms with van der Waals surface area (Å²) in [5.41, 5.74) is 1.78. The zero-order valence-electron chi connectivity index (χ0n) is 11.1. The molecule has 0 saturated carbocycles. The molecule has 1 aliphatic rings. The molecule has 1 aliphatic carbocycles. The highest BCUT2D eigenvalue weighted by atomic mass is 15.0. The van der Waals surface area contributed by atoms with Crippen LogP contribution >= 0.6 is 0 Å². The van der Waals surface area contributed by atoms with Crippen molar-refractivity contribution in [1.82, 2.24) is 10.6 Å². The second-order valence-corrected chi connectivity index (χ2v) is 6.61. The Hall–Kier alpha value is -0.500. The predicted molar refractivity (Wildman–Crippen MR) is 66.9 cm³/mol. The predicted octanol–water partition coefficient (Wildman–Crippen LogP) is 2.81. The lowest BCUT2D eigenvalue weighted by Gasteiger charge is -2.24. The topological polar surface area (TPSA) is 24.1 Å². The third kappa shape index (κ3) is 5.22. The summed E-state index contributed by atoms with van der Waals surface area (Å²) in [5.74, 6) is 0. The van der Waals surface area contributed by atoms with Crippen LogP contribution in [0.5, 0.6) is 0 Å². The van der Waals surface area contributed by atoms with Gasteiger partial charge in [-0.3, -0.25) is 0 Å². The van der Waals surface area contributed by atoms with Crippen LogP contribution in [0, 0.1) is 0 Å². The summed E-state index contributed by atoms with van der Waals surface area (Å²) < 4.78 is 0. The average molecular weight is 210 g/mol. The molecule has 0 bridgehead atoms. The fourth-order valence-corrected chi connectivity index (χ4v) is 1.98. The lowest BCUT2D eigenvalue weighted by atomic mass is 10.1. The van der Waals surface area contributed by atoms with Gasteiger partial charge >= 0.3 is 0 Å². The van der Waals surface area contributed by atoms with E-state index in [4.69, 9.17) is 0 Å². The van der Waals surface area contributed by atoms with Gasteiger partial charge in [-0.05, 0) is 60.5 Å². The Morgan fingerprint density at radius 3 is 2.13 bits per heavy atom. The maximum Gasteiger partial charge on any atom is 0.0286 e. The van der Waals surface area contributed by atoms with E-state index in [1.54, 1.807) is 0 Å². The second kappa shape index (κ2) is 4.17. The van der Waals surface area contributed by atoms with Gasteiger partial charge in [-0.1, -0.05) is 0 Å². The van der Waals surface area contributed by atoms with Gasteiger partial charge in [0.25, 0.3) is 0 Å². The van der Waals surface area contributed by atoms with E-state index in [1.165, 1.54) is 18.5 Å². The van der Waals surface area contributed by atoms with Crippen LogP contribution in [0.25, 0.3) is 0 Å². The molecule has 88 valence electrons. The molecule has 0 saturated heterocycles. The van der Waals surface area contributed by atoms with Crippen molar-refractivity contribution >= 4 is 0 Å². The van der Waals surface area contributed by atoms with Crippen LogP contribution in [-0.2, 0) is 0 Å². The number of allylic oxidation sites excluding steroid dienone is 1. The first-order chi connectivity index (χ1) is 6.66. The third-order valence-corrected chi connectivity index (χ3v) is 2.28. The molecule has 0 radical (unpaired) electrons. The Kier molecular flexibility index (Phi) is 3.49. The number of nitrogens with one attached hydrogen (secondary N) is 2. The van der Waals surface area contributed by atoms with Gasteiger partial charge in [0.1, 0.15) is 0 Å². The average Bonchev–Trinajstić information content (AvgIpc) is 2.28. The number of rotatable bonds is 2. The van der Waals surface area contributed by atoms with E-state index >= 15 is 0 Å². The fourth-order valence-electron chi connectivity index (χ4n) is 1.98. The maximum absolute atomic E-state index is 3.62. The van der Waals surface area contributed by atoms with Crippen LogP contribution in [-0.4, -0.2) is 17.1 Å². The van der Waals surface area contributed by atoms with E-state index in [1.807, 2.05) is 0 Å². The summed E-state index contributed by atoms with van der Waals surface area (Å²) >= 11 is 0. The lowest BCUT2D eigenvalue weighted by molar-refractivity contribution is 0.388. The minimum Gasteiger partial charge on any atom is -0.384 e. The molecule has 0 aromatic rings. The molecule has 0 spiro atoms. The van der Waals surface area contributed by atoms with Gasteiger partial charge in [0.15, 0.2) is 0 Å². The largest absolute Gasteiger partial charge is 0.384 e. The molecule has 0 aromatic carbocycles. The highest BCUT2D eigenvalue weighted by molar-refractivity contribution is 5.14. The molecule has 2 N–H and O–H groups in total. The molecule has 0 aliphatic heterocycles. The molecule has 0 fully saturated rings. The van der Waals surface area contributed by atoms with Gasteiger partial charge in [-0.2, -0.15) is 0 Å². The van der Waals surface area contributed by atoms with Crippen molar-refractivity contribution in [2.75, 3.05) is 0 Å². The first-order valence-electron chi connectivity index (χ1n) is 5.92. The summed E-state index contributed by atoms with van der Waals surface area (Å²) in [5, 5.41) is 7.17. The first-order valence-corrected chi connectivity index (χ1v) is 5.92. The molecule has 2 nitrogen and oxygen atoms in total. The van der Waals surface area contributed by atoms with E-state index in [9.17, 15) is 0 Å². The fraction of sp³-hybridized carbons (Fsp3) is 0.846. The summed E-state index contributed by atoms with van der Waals surface area (Å²) in [6.07, 6.45) is 4.73. The van der Waals surface area contributed by atoms with Crippen LogP contribution in [0.4, 0.5) is 0 Å². The van der Waals surface area contributed by atoms with Crippen molar-refractivity contribution in [1.29, 1.82) is 0 Å². The molecule has 15 heavy (non-hydrogen) atoms. The highest BCUT2D eigenvalue weighted by Crippen LogP contribution is 2.20. The van der Waals surface area contributed by atoms with E-state index in [0.717, 1.165) is 0 Å². The van der Waals surface area contributed by atoms with Crippen molar-refractivity contribution < 1.29 is 0 Å². The van der Waals surface area contributed by atoms with Gasteiger partial charge in [-0.15, -0.1) is 0 Å². The monoisotopic (exact) mass is 210 g/mol. The summed E-state index contributed by atoms with van der Waals surface area (Å²) in [7, 11) is 0. The van der Waals surface area contributed by atoms with Crippen molar-refractivity contribution in [2.45, 2.75) is 71.5 Å². The maximum atomic E-state index is 3.62. The summed E-state index contributed by atoms with van der Waals surface area (Å²) in [6.45, 7) is 13.3. The number of hydrogen-bond donors (Lipinski definition) is 2. The molecule has 1 unspecified atom stereocenters. The molecular formula is C13H26N2. The van der Waals surface area contributed by atoms with Crippen LogP contribution in [0.2, 0.25) is 0 Å². The second-order valence-electron chi connectivity index (χ2n) is 6.61. The van der Waals surface area contributed by atoms with Crippen LogP contribution < -0.4 is 10.6 Å². The van der Waals surface area contributed by atoms with Crippen LogP contribution in [0.15, 0.2) is 11.8 Å². The molecule has 0 amide bonds. The normalized spacial score (nSPS) is 22.8. The smallest absolute Gasteiger partial charge is 0.0286 e. The molecule has 1 rings (SSSR count). The van der Waals surface area contributed by atoms with Crippen molar-refractivity contribution in [3.05, 3.63) is 11.8 Å². The molecule has 2 heteroatoms. The Balaban J connectivity index is 2.48. The standard InChI is InChI=1S/C13H26N2/c1-12(2,3)14-10-7-8-11(9-10)15-13(4,5)6/h9-10,14-15H,7-8H2,1-6H3. The van der Waals surface area contributed by atoms with Crippen LogP contribution in [0.3, 0.4) is 0 Å². The van der Waals surface area contributed by atoms with Crippen LogP contribution in [0.1, 0.15) is 54.4 Å². The van der Waals surface area contributed by atoms with E-state index in [-0.39, 0.29) is 11.1 Å². The van der Waals surface area contributed by atoms with Gasteiger partial charge in [-0.25, -0.2) is 0 Å². The molecule has 1 atom stereocenters. The van der Waals surface area contributed by atoms with Crippen molar-refractivity contribution in [3.63, 3.8) is 0 Å². The Morgan fingerprint density at radius 1 is 1.07 bits per heavy atom. The molecule has 0 aromatic heterocycles. The first kappa shape index (κ1) is 12.6. The number of hydrogen-bond acceptors (Lipinski definition) is 2. The molecule has 0 heterocycles. The quantitative estimate of drug-likeness (QED) is 0.732. The summed E-state index contributed by atoms with van der Waals surface area (Å²) in [4.78, 5) is 0. The Bertz CT molecular complexity index is 240. The van der Waals surface area contributed by atoms with E-state index < -0.39 is 0 Å². The van der Waals surface area contributed by atoms with Crippen molar-refractivity contribution in [2.24, 2.45) is 0 Å².